The molecule has 0 spiro atoms. The summed E-state index contributed by atoms with van der Waals surface area (Å²) in [4.78, 5) is 0. The molecule has 0 saturated heterocycles. The molecule has 102 valence electrons. The lowest BCUT2D eigenvalue weighted by molar-refractivity contribution is -0.0625. The van der Waals surface area contributed by atoms with E-state index < -0.39 is 0 Å². The van der Waals surface area contributed by atoms with E-state index in [1.165, 1.54) is 37.7 Å². The van der Waals surface area contributed by atoms with Gasteiger partial charge in [0, 0.05) is 6.61 Å². The van der Waals surface area contributed by atoms with Crippen molar-refractivity contribution in [2.24, 2.45) is 0 Å². The predicted molar refractivity (Wildman–Crippen MR) is 78.2 cm³/mol. The van der Waals surface area contributed by atoms with Crippen LogP contribution < -0.4 is 5.32 Å². The van der Waals surface area contributed by atoms with E-state index in [9.17, 15) is 0 Å². The maximum absolute atomic E-state index is 6.22. The molecule has 1 aromatic rings. The third kappa shape index (κ3) is 2.95. The number of thiophene rings is 1. The number of hydrogen-bond donors (Lipinski definition) is 1. The fraction of sp³-hybridized carbons (Fsp3) is 0.733. The first-order chi connectivity index (χ1) is 8.82. The Hall–Kier alpha value is -0.380. The highest BCUT2D eigenvalue weighted by atomic mass is 32.1. The van der Waals surface area contributed by atoms with Crippen molar-refractivity contribution in [3.05, 3.63) is 22.4 Å². The Morgan fingerprint density at radius 2 is 2.17 bits per heavy atom. The number of nitrogens with one attached hydrogen (secondary N) is 1. The van der Waals surface area contributed by atoms with Crippen LogP contribution in [0.1, 0.15) is 57.6 Å². The molecule has 1 aromatic heterocycles. The van der Waals surface area contributed by atoms with Gasteiger partial charge in [-0.15, -0.1) is 0 Å². The third-order valence-corrected chi connectivity index (χ3v) is 4.58. The van der Waals surface area contributed by atoms with E-state index in [1.807, 2.05) is 0 Å². The minimum absolute atomic E-state index is 0.0327. The minimum Gasteiger partial charge on any atom is -0.373 e. The summed E-state index contributed by atoms with van der Waals surface area (Å²) in [5.41, 5.74) is 1.44. The van der Waals surface area contributed by atoms with E-state index in [0.717, 1.165) is 13.2 Å². The van der Waals surface area contributed by atoms with Crippen molar-refractivity contribution in [1.82, 2.24) is 5.32 Å². The molecule has 2 nitrogen and oxygen atoms in total. The zero-order chi connectivity index (χ0) is 12.8. The minimum atomic E-state index is 0.0327. The van der Waals surface area contributed by atoms with Gasteiger partial charge in [0.1, 0.15) is 0 Å². The van der Waals surface area contributed by atoms with Crippen molar-refractivity contribution < 1.29 is 4.74 Å². The third-order valence-electron chi connectivity index (χ3n) is 3.88. The van der Waals surface area contributed by atoms with Gasteiger partial charge in [0.2, 0.25) is 0 Å². The Balaban J connectivity index is 2.20. The van der Waals surface area contributed by atoms with Gasteiger partial charge in [-0.1, -0.05) is 19.8 Å². The highest BCUT2D eigenvalue weighted by Crippen LogP contribution is 2.43. The Morgan fingerprint density at radius 1 is 1.39 bits per heavy atom. The zero-order valence-corrected chi connectivity index (χ0v) is 12.4. The quantitative estimate of drug-likeness (QED) is 0.801. The molecular formula is C15H25NOS. The molecule has 0 amide bonds. The van der Waals surface area contributed by atoms with Crippen LogP contribution in [0.2, 0.25) is 0 Å². The predicted octanol–water partition coefficient (Wildman–Crippen LogP) is 4.14. The van der Waals surface area contributed by atoms with Crippen LogP contribution >= 0.6 is 11.3 Å². The van der Waals surface area contributed by atoms with Crippen LogP contribution in [0, 0.1) is 0 Å². The Morgan fingerprint density at radius 3 is 2.72 bits per heavy atom. The van der Waals surface area contributed by atoms with E-state index >= 15 is 0 Å². The van der Waals surface area contributed by atoms with Crippen molar-refractivity contribution in [2.45, 2.75) is 57.6 Å². The second-order valence-electron chi connectivity index (χ2n) is 5.15. The normalized spacial score (nSPS) is 20.1. The highest BCUT2D eigenvalue weighted by molar-refractivity contribution is 7.07. The average molecular weight is 267 g/mol. The maximum atomic E-state index is 6.22. The average Bonchev–Trinajstić information content (AvgIpc) is 3.02. The van der Waals surface area contributed by atoms with Gasteiger partial charge in [0.05, 0.1) is 11.6 Å². The fourth-order valence-corrected chi connectivity index (χ4v) is 3.80. The van der Waals surface area contributed by atoms with E-state index in [-0.39, 0.29) is 5.60 Å². The van der Waals surface area contributed by atoms with Crippen LogP contribution in [0.5, 0.6) is 0 Å². The van der Waals surface area contributed by atoms with Crippen LogP contribution in [0.25, 0.3) is 0 Å². The molecule has 1 fully saturated rings. The fourth-order valence-electron chi connectivity index (χ4n) is 3.11. The summed E-state index contributed by atoms with van der Waals surface area (Å²) in [5.74, 6) is 0. The number of hydrogen-bond acceptors (Lipinski definition) is 3. The second-order valence-corrected chi connectivity index (χ2v) is 5.93. The molecule has 1 unspecified atom stereocenters. The molecular weight excluding hydrogens is 242 g/mol. The molecule has 2 rings (SSSR count). The lowest BCUT2D eigenvalue weighted by Gasteiger charge is -2.38. The summed E-state index contributed by atoms with van der Waals surface area (Å²) in [6.45, 7) is 6.22. The van der Waals surface area contributed by atoms with Gasteiger partial charge in [0.15, 0.2) is 0 Å². The maximum Gasteiger partial charge on any atom is 0.0876 e. The summed E-state index contributed by atoms with van der Waals surface area (Å²) in [6.07, 6.45) is 6.15. The monoisotopic (exact) mass is 267 g/mol. The molecule has 1 aliphatic carbocycles. The van der Waals surface area contributed by atoms with Gasteiger partial charge < -0.3 is 10.1 Å². The summed E-state index contributed by atoms with van der Waals surface area (Å²) in [7, 11) is 0. The highest BCUT2D eigenvalue weighted by Gasteiger charge is 2.42. The summed E-state index contributed by atoms with van der Waals surface area (Å²) >= 11 is 1.78. The van der Waals surface area contributed by atoms with Crippen LogP contribution in [-0.4, -0.2) is 18.8 Å². The molecule has 1 atom stereocenters. The molecule has 0 bridgehead atoms. The first kappa shape index (κ1) is 14.0. The topological polar surface area (TPSA) is 21.3 Å². The number of rotatable bonds is 7. The Labute approximate surface area is 115 Å². The Bertz CT molecular complexity index is 330. The van der Waals surface area contributed by atoms with Gasteiger partial charge in [-0.3, -0.25) is 0 Å². The summed E-state index contributed by atoms with van der Waals surface area (Å²) < 4.78 is 6.22. The molecule has 18 heavy (non-hydrogen) atoms. The molecule has 1 aliphatic rings. The molecule has 0 aliphatic heterocycles. The van der Waals surface area contributed by atoms with Crippen LogP contribution in [0.3, 0.4) is 0 Å². The van der Waals surface area contributed by atoms with Crippen molar-refractivity contribution >= 4 is 11.3 Å². The van der Waals surface area contributed by atoms with E-state index in [0.29, 0.717) is 6.04 Å². The zero-order valence-electron chi connectivity index (χ0n) is 11.6. The van der Waals surface area contributed by atoms with Gasteiger partial charge in [-0.2, -0.15) is 11.3 Å². The molecule has 1 N–H and O–H groups in total. The van der Waals surface area contributed by atoms with Crippen molar-refractivity contribution in [2.75, 3.05) is 13.2 Å². The van der Waals surface area contributed by atoms with E-state index in [1.54, 1.807) is 11.3 Å². The van der Waals surface area contributed by atoms with Gasteiger partial charge >= 0.3 is 0 Å². The first-order valence-electron chi connectivity index (χ1n) is 7.22. The van der Waals surface area contributed by atoms with Gasteiger partial charge in [-0.25, -0.2) is 0 Å². The molecule has 0 radical (unpaired) electrons. The van der Waals surface area contributed by atoms with E-state index in [4.69, 9.17) is 4.74 Å². The van der Waals surface area contributed by atoms with Gasteiger partial charge in [-0.05, 0) is 55.1 Å². The van der Waals surface area contributed by atoms with Crippen LogP contribution in [-0.2, 0) is 4.74 Å². The van der Waals surface area contributed by atoms with Crippen molar-refractivity contribution in [1.29, 1.82) is 0 Å². The molecule has 1 saturated carbocycles. The van der Waals surface area contributed by atoms with Crippen molar-refractivity contribution in [3.63, 3.8) is 0 Å². The van der Waals surface area contributed by atoms with Crippen molar-refractivity contribution in [3.8, 4) is 0 Å². The van der Waals surface area contributed by atoms with E-state index in [2.05, 4.69) is 36.0 Å². The second kappa shape index (κ2) is 6.69. The largest absolute Gasteiger partial charge is 0.373 e. The molecule has 0 aromatic carbocycles. The molecule has 3 heteroatoms. The first-order valence-corrected chi connectivity index (χ1v) is 8.16. The summed E-state index contributed by atoms with van der Waals surface area (Å²) in [6, 6.07) is 2.61. The smallest absolute Gasteiger partial charge is 0.0876 e. The number of ether oxygens (including phenoxy) is 1. The summed E-state index contributed by atoms with van der Waals surface area (Å²) in [5, 5.41) is 8.16. The van der Waals surface area contributed by atoms with Crippen LogP contribution in [0.4, 0.5) is 0 Å². The lowest BCUT2D eigenvalue weighted by Crippen LogP contribution is -2.44. The standard InChI is InChI=1S/C15H25NOS/c1-3-10-16-14(13-7-11-18-12-13)15(17-4-2)8-5-6-9-15/h7,11-12,14,16H,3-6,8-10H2,1-2H3. The Kier molecular flexibility index (Phi) is 5.22. The van der Waals surface area contributed by atoms with Crippen LogP contribution in [0.15, 0.2) is 16.8 Å². The lowest BCUT2D eigenvalue weighted by atomic mass is 9.87. The SMILES string of the molecule is CCCNC(c1ccsc1)C1(OCC)CCCC1. The molecule has 1 heterocycles. The van der Waals surface area contributed by atoms with Gasteiger partial charge in [0.25, 0.3) is 0 Å².